The summed E-state index contributed by atoms with van der Waals surface area (Å²) < 4.78 is 28.3. The van der Waals surface area contributed by atoms with Crippen molar-refractivity contribution in [2.45, 2.75) is 24.8 Å². The lowest BCUT2D eigenvalue weighted by atomic mass is 10.1. The maximum absolute atomic E-state index is 11.7. The van der Waals surface area contributed by atoms with Crippen LogP contribution in [0.5, 0.6) is 0 Å². The summed E-state index contributed by atoms with van der Waals surface area (Å²) in [6, 6.07) is 5.69. The summed E-state index contributed by atoms with van der Waals surface area (Å²) in [6.07, 6.45) is 0. The molecule has 0 saturated carbocycles. The lowest BCUT2D eigenvalue weighted by Crippen LogP contribution is -2.27. The van der Waals surface area contributed by atoms with Gasteiger partial charge in [0, 0.05) is 0 Å². The number of carbonyl (C=O) groups is 1. The monoisotopic (exact) mass is 285 g/mol. The first-order valence-electron chi connectivity index (χ1n) is 6.12. The highest BCUT2D eigenvalue weighted by Gasteiger charge is 2.20. The second kappa shape index (κ2) is 6.68. The summed E-state index contributed by atoms with van der Waals surface area (Å²) >= 11 is 0. The van der Waals surface area contributed by atoms with Crippen LogP contribution in [0.15, 0.2) is 29.2 Å². The fraction of sp³-hybridized carbons (Fsp3) is 0.462. The van der Waals surface area contributed by atoms with Gasteiger partial charge in [-0.05, 0) is 31.7 Å². The van der Waals surface area contributed by atoms with Gasteiger partial charge in [-0.2, -0.15) is 0 Å². The molecule has 1 N–H and O–H groups in total. The lowest BCUT2D eigenvalue weighted by molar-refractivity contribution is -0.145. The molecular formula is C13H19NO4S. The Labute approximate surface area is 113 Å². The van der Waals surface area contributed by atoms with E-state index in [9.17, 15) is 13.2 Å². The molecule has 0 aromatic heterocycles. The fourth-order valence-electron chi connectivity index (χ4n) is 1.68. The molecule has 1 aromatic carbocycles. The second-order valence-electron chi connectivity index (χ2n) is 3.95. The van der Waals surface area contributed by atoms with Gasteiger partial charge in [0.15, 0.2) is 9.84 Å². The smallest absolute Gasteiger partial charge is 0.327 e. The highest BCUT2D eigenvalue weighted by atomic mass is 32.2. The van der Waals surface area contributed by atoms with E-state index in [2.05, 4.69) is 5.32 Å². The van der Waals surface area contributed by atoms with E-state index in [4.69, 9.17) is 4.74 Å². The summed E-state index contributed by atoms with van der Waals surface area (Å²) in [4.78, 5) is 12.0. The minimum atomic E-state index is -3.21. The van der Waals surface area contributed by atoms with E-state index in [-0.39, 0.29) is 16.6 Å². The number of rotatable bonds is 6. The van der Waals surface area contributed by atoms with E-state index < -0.39 is 15.9 Å². The Balaban J connectivity index is 3.00. The molecule has 1 rings (SSSR count). The largest absolute Gasteiger partial charge is 0.465 e. The van der Waals surface area contributed by atoms with Crippen molar-refractivity contribution in [1.29, 1.82) is 0 Å². The zero-order valence-electron chi connectivity index (χ0n) is 11.3. The maximum Gasteiger partial charge on any atom is 0.327 e. The van der Waals surface area contributed by atoms with Crippen LogP contribution in [0.3, 0.4) is 0 Å². The Kier molecular flexibility index (Phi) is 5.50. The van der Waals surface area contributed by atoms with Gasteiger partial charge in [-0.15, -0.1) is 0 Å². The zero-order chi connectivity index (χ0) is 14.5. The highest BCUT2D eigenvalue weighted by Crippen LogP contribution is 2.18. The van der Waals surface area contributed by atoms with Gasteiger partial charge < -0.3 is 10.1 Å². The zero-order valence-corrected chi connectivity index (χ0v) is 12.2. The number of hydrogen-bond donors (Lipinski definition) is 1. The molecule has 0 aliphatic heterocycles. The van der Waals surface area contributed by atoms with Gasteiger partial charge in [0.2, 0.25) is 0 Å². The molecule has 0 saturated heterocycles. The molecule has 0 heterocycles. The molecule has 1 aromatic rings. The maximum atomic E-state index is 11.7. The first kappa shape index (κ1) is 15.7. The minimum absolute atomic E-state index is 0.0552. The number of ether oxygens (including phenoxy) is 1. The fourth-order valence-corrected chi connectivity index (χ4v) is 2.56. The van der Waals surface area contributed by atoms with Gasteiger partial charge in [-0.25, -0.2) is 13.2 Å². The van der Waals surface area contributed by atoms with Crippen molar-refractivity contribution in [3.05, 3.63) is 29.8 Å². The Morgan fingerprint density at radius 3 is 2.26 bits per heavy atom. The van der Waals surface area contributed by atoms with Crippen LogP contribution in [0.2, 0.25) is 0 Å². The molecule has 19 heavy (non-hydrogen) atoms. The van der Waals surface area contributed by atoms with Crippen LogP contribution in [0.25, 0.3) is 0 Å². The number of hydrogen-bond acceptors (Lipinski definition) is 5. The molecule has 0 aliphatic rings. The summed E-state index contributed by atoms with van der Waals surface area (Å²) in [5.74, 6) is -0.323. The van der Waals surface area contributed by atoms with E-state index in [0.717, 1.165) is 0 Å². The molecule has 0 radical (unpaired) electrons. The van der Waals surface area contributed by atoms with Crippen molar-refractivity contribution in [2.75, 3.05) is 19.4 Å². The molecule has 0 fully saturated rings. The molecular weight excluding hydrogens is 266 g/mol. The topological polar surface area (TPSA) is 72.5 Å². The van der Waals surface area contributed by atoms with Gasteiger partial charge in [0.25, 0.3) is 0 Å². The summed E-state index contributed by atoms with van der Waals surface area (Å²) in [5.41, 5.74) is 0.677. The Hall–Kier alpha value is -1.40. The molecule has 0 aliphatic carbocycles. The summed E-state index contributed by atoms with van der Waals surface area (Å²) in [5, 5.41) is 2.85. The first-order chi connectivity index (χ1) is 8.96. The molecule has 0 amide bonds. The molecule has 6 heteroatoms. The van der Waals surface area contributed by atoms with E-state index >= 15 is 0 Å². The number of nitrogens with one attached hydrogen (secondary N) is 1. The molecule has 5 nitrogen and oxygen atoms in total. The SMILES string of the molecule is CCOC(=O)[C@H](NC)c1ccc(S(=O)(=O)CC)cc1. The average Bonchev–Trinajstić information content (AvgIpc) is 2.40. The quantitative estimate of drug-likeness (QED) is 0.798. The van der Waals surface area contributed by atoms with Crippen LogP contribution >= 0.6 is 0 Å². The minimum Gasteiger partial charge on any atom is -0.465 e. The molecule has 0 unspecified atom stereocenters. The van der Waals surface area contributed by atoms with Crippen LogP contribution in [-0.2, 0) is 19.4 Å². The van der Waals surface area contributed by atoms with Crippen LogP contribution in [0.1, 0.15) is 25.5 Å². The lowest BCUT2D eigenvalue weighted by Gasteiger charge is -2.15. The Morgan fingerprint density at radius 1 is 1.26 bits per heavy atom. The molecule has 1 atom stereocenters. The Bertz CT molecular complexity index is 522. The predicted molar refractivity (Wildman–Crippen MR) is 72.6 cm³/mol. The number of esters is 1. The van der Waals surface area contributed by atoms with E-state index in [0.29, 0.717) is 12.2 Å². The van der Waals surface area contributed by atoms with Crippen molar-refractivity contribution >= 4 is 15.8 Å². The third-order valence-corrected chi connectivity index (χ3v) is 4.51. The normalized spacial score (nSPS) is 13.0. The third-order valence-electron chi connectivity index (χ3n) is 2.76. The highest BCUT2D eigenvalue weighted by molar-refractivity contribution is 7.91. The second-order valence-corrected chi connectivity index (χ2v) is 6.22. The van der Waals surface area contributed by atoms with Crippen LogP contribution < -0.4 is 5.32 Å². The van der Waals surface area contributed by atoms with Crippen LogP contribution in [-0.4, -0.2) is 33.8 Å². The van der Waals surface area contributed by atoms with Gasteiger partial charge in [-0.1, -0.05) is 19.1 Å². The van der Waals surface area contributed by atoms with Crippen molar-refractivity contribution in [1.82, 2.24) is 5.32 Å². The molecule has 0 bridgehead atoms. The number of sulfone groups is 1. The van der Waals surface area contributed by atoms with Gasteiger partial charge in [0.1, 0.15) is 6.04 Å². The number of carbonyl (C=O) groups excluding carboxylic acids is 1. The van der Waals surface area contributed by atoms with E-state index in [1.54, 1.807) is 33.0 Å². The van der Waals surface area contributed by atoms with Crippen molar-refractivity contribution < 1.29 is 17.9 Å². The van der Waals surface area contributed by atoms with Crippen LogP contribution in [0, 0.1) is 0 Å². The number of benzene rings is 1. The molecule has 106 valence electrons. The standard InChI is InChI=1S/C13H19NO4S/c1-4-18-13(15)12(14-3)10-6-8-11(9-7-10)19(16,17)5-2/h6-9,12,14H,4-5H2,1-3H3/t12-/m1/s1. The van der Waals surface area contributed by atoms with Gasteiger partial charge >= 0.3 is 5.97 Å². The van der Waals surface area contributed by atoms with Crippen molar-refractivity contribution in [3.63, 3.8) is 0 Å². The summed E-state index contributed by atoms with van der Waals surface area (Å²) in [7, 11) is -1.56. The third kappa shape index (κ3) is 3.78. The number of likely N-dealkylation sites (N-methyl/N-ethyl adjacent to an activating group) is 1. The molecule has 0 spiro atoms. The Morgan fingerprint density at radius 2 is 1.84 bits per heavy atom. The van der Waals surface area contributed by atoms with Gasteiger partial charge in [-0.3, -0.25) is 0 Å². The van der Waals surface area contributed by atoms with Crippen LogP contribution in [0.4, 0.5) is 0 Å². The van der Waals surface area contributed by atoms with E-state index in [1.807, 2.05) is 0 Å². The van der Waals surface area contributed by atoms with Crippen molar-refractivity contribution in [3.8, 4) is 0 Å². The van der Waals surface area contributed by atoms with Gasteiger partial charge in [0.05, 0.1) is 17.3 Å². The van der Waals surface area contributed by atoms with Crippen molar-refractivity contribution in [2.24, 2.45) is 0 Å². The first-order valence-corrected chi connectivity index (χ1v) is 7.78. The average molecular weight is 285 g/mol. The van der Waals surface area contributed by atoms with E-state index in [1.165, 1.54) is 12.1 Å². The summed E-state index contributed by atoms with van der Waals surface area (Å²) in [6.45, 7) is 3.64. The predicted octanol–water partition coefficient (Wildman–Crippen LogP) is 1.30.